The fourth-order valence-electron chi connectivity index (χ4n) is 3.45. The van der Waals surface area contributed by atoms with Crippen LogP contribution in [0.5, 0.6) is 11.5 Å². The van der Waals surface area contributed by atoms with Crippen LogP contribution in [0.25, 0.3) is 10.9 Å². The molecule has 2 rings (SSSR count). The van der Waals surface area contributed by atoms with Crippen LogP contribution in [0.2, 0.25) is 0 Å². The normalized spacial score (nSPS) is 11.2. The first-order chi connectivity index (χ1) is 14.8. The Morgan fingerprint density at radius 3 is 2.52 bits per heavy atom. The van der Waals surface area contributed by atoms with E-state index in [-0.39, 0.29) is 6.61 Å². The standard InChI is InChI=1S/C23H33NO7/c1-6-28-10-8-9-17-11-19-18(12-20(17)30-14-21(25)26)22(31-23(27)29-7-2)16(5)24(19)13-15(3)4/h11-12,15H,6-10,13-14H2,1-5H3,(H,25,26). The highest BCUT2D eigenvalue weighted by atomic mass is 16.7. The van der Waals surface area contributed by atoms with Crippen LogP contribution in [-0.2, 0) is 27.2 Å². The minimum absolute atomic E-state index is 0.208. The summed E-state index contributed by atoms with van der Waals surface area (Å²) in [6, 6.07) is 3.75. The van der Waals surface area contributed by atoms with Crippen LogP contribution in [0.1, 0.15) is 45.4 Å². The van der Waals surface area contributed by atoms with Crippen molar-refractivity contribution in [1.82, 2.24) is 4.57 Å². The smallest absolute Gasteiger partial charge is 0.482 e. The molecule has 0 atom stereocenters. The number of aromatic nitrogens is 1. The number of hydrogen-bond donors (Lipinski definition) is 1. The largest absolute Gasteiger partial charge is 0.513 e. The first-order valence-electron chi connectivity index (χ1n) is 10.7. The first-order valence-corrected chi connectivity index (χ1v) is 10.7. The quantitative estimate of drug-likeness (QED) is 0.385. The Morgan fingerprint density at radius 1 is 1.16 bits per heavy atom. The van der Waals surface area contributed by atoms with E-state index in [1.807, 2.05) is 19.9 Å². The van der Waals surface area contributed by atoms with Gasteiger partial charge in [0.1, 0.15) is 5.75 Å². The van der Waals surface area contributed by atoms with Gasteiger partial charge < -0.3 is 28.6 Å². The van der Waals surface area contributed by atoms with Gasteiger partial charge in [0.2, 0.25) is 0 Å². The third-order valence-electron chi connectivity index (χ3n) is 4.73. The molecule has 0 aliphatic heterocycles. The lowest BCUT2D eigenvalue weighted by Crippen LogP contribution is -2.11. The Morgan fingerprint density at radius 2 is 1.90 bits per heavy atom. The van der Waals surface area contributed by atoms with E-state index in [0.29, 0.717) is 42.4 Å². The molecule has 0 saturated heterocycles. The number of benzene rings is 1. The molecule has 1 N–H and O–H groups in total. The van der Waals surface area contributed by atoms with E-state index in [1.54, 1.807) is 13.0 Å². The average Bonchev–Trinajstić information content (AvgIpc) is 2.94. The number of aliphatic carboxylic acids is 1. The number of carboxylic acids is 1. The van der Waals surface area contributed by atoms with Crippen molar-refractivity contribution in [1.29, 1.82) is 0 Å². The maximum absolute atomic E-state index is 12.0. The minimum Gasteiger partial charge on any atom is -0.482 e. The third-order valence-corrected chi connectivity index (χ3v) is 4.73. The fourth-order valence-corrected chi connectivity index (χ4v) is 3.45. The lowest BCUT2D eigenvalue weighted by atomic mass is 10.1. The molecule has 1 aromatic heterocycles. The summed E-state index contributed by atoms with van der Waals surface area (Å²) in [5, 5.41) is 9.75. The zero-order valence-electron chi connectivity index (χ0n) is 19.0. The zero-order valence-corrected chi connectivity index (χ0v) is 19.0. The van der Waals surface area contributed by atoms with Gasteiger partial charge in [-0.1, -0.05) is 13.8 Å². The van der Waals surface area contributed by atoms with Crippen molar-refractivity contribution in [3.8, 4) is 11.5 Å². The summed E-state index contributed by atoms with van der Waals surface area (Å²) in [6.45, 7) is 11.5. The van der Waals surface area contributed by atoms with Gasteiger partial charge in [-0.25, -0.2) is 9.59 Å². The maximum atomic E-state index is 12.0. The first kappa shape index (κ1) is 24.5. The SMILES string of the molecule is CCOCCCc1cc2c(cc1OCC(=O)O)c(OC(=O)OCC)c(C)n2CC(C)C. The highest BCUT2D eigenvalue weighted by Gasteiger charge is 2.22. The van der Waals surface area contributed by atoms with Crippen molar-refractivity contribution in [2.45, 2.75) is 54.0 Å². The summed E-state index contributed by atoms with van der Waals surface area (Å²) < 4.78 is 23.6. The molecule has 2 aromatic rings. The molecule has 0 radical (unpaired) electrons. The maximum Gasteiger partial charge on any atom is 0.513 e. The molecule has 31 heavy (non-hydrogen) atoms. The number of ether oxygens (including phenoxy) is 4. The summed E-state index contributed by atoms with van der Waals surface area (Å²) >= 11 is 0. The van der Waals surface area contributed by atoms with Crippen LogP contribution in [0.3, 0.4) is 0 Å². The molecule has 1 aromatic carbocycles. The van der Waals surface area contributed by atoms with Crippen LogP contribution in [-0.4, -0.2) is 48.2 Å². The van der Waals surface area contributed by atoms with Crippen molar-refractivity contribution in [3.05, 3.63) is 23.4 Å². The molecule has 0 aliphatic carbocycles. The van der Waals surface area contributed by atoms with E-state index in [1.165, 1.54) is 0 Å². The molecule has 0 aliphatic rings. The Balaban J connectivity index is 2.56. The van der Waals surface area contributed by atoms with Crippen LogP contribution >= 0.6 is 0 Å². The van der Waals surface area contributed by atoms with Crippen molar-refractivity contribution in [2.75, 3.05) is 26.4 Å². The molecule has 0 unspecified atom stereocenters. The van der Waals surface area contributed by atoms with Gasteiger partial charge in [-0.05, 0) is 57.2 Å². The Bertz CT molecular complexity index is 901. The summed E-state index contributed by atoms with van der Waals surface area (Å²) in [5.41, 5.74) is 2.59. The molecule has 0 amide bonds. The number of carbonyl (C=O) groups excluding carboxylic acids is 1. The number of aryl methyl sites for hydroxylation is 1. The molecular formula is C23H33NO7. The average molecular weight is 436 g/mol. The van der Waals surface area contributed by atoms with Crippen LogP contribution < -0.4 is 9.47 Å². The van der Waals surface area contributed by atoms with Gasteiger partial charge in [0.15, 0.2) is 12.4 Å². The molecule has 0 fully saturated rings. The molecule has 0 saturated carbocycles. The van der Waals surface area contributed by atoms with Gasteiger partial charge >= 0.3 is 12.1 Å². The van der Waals surface area contributed by atoms with E-state index in [9.17, 15) is 9.59 Å². The van der Waals surface area contributed by atoms with E-state index in [0.717, 1.165) is 29.7 Å². The zero-order chi connectivity index (χ0) is 23.0. The number of hydrogen-bond acceptors (Lipinski definition) is 6. The van der Waals surface area contributed by atoms with E-state index in [4.69, 9.17) is 24.1 Å². The monoisotopic (exact) mass is 435 g/mol. The van der Waals surface area contributed by atoms with Crippen molar-refractivity contribution in [3.63, 3.8) is 0 Å². The van der Waals surface area contributed by atoms with Gasteiger partial charge in [-0.2, -0.15) is 0 Å². The second-order valence-corrected chi connectivity index (χ2v) is 7.66. The van der Waals surface area contributed by atoms with E-state index in [2.05, 4.69) is 18.4 Å². The number of fused-ring (bicyclic) bond motifs is 1. The Kier molecular flexibility index (Phi) is 9.18. The molecule has 1 heterocycles. The van der Waals surface area contributed by atoms with Gasteiger partial charge in [0.25, 0.3) is 0 Å². The predicted octanol–water partition coefficient (Wildman–Crippen LogP) is 4.57. The summed E-state index contributed by atoms with van der Waals surface area (Å²) in [6.07, 6.45) is 0.673. The molecule has 8 heteroatoms. The lowest BCUT2D eigenvalue weighted by molar-refractivity contribution is -0.139. The third kappa shape index (κ3) is 6.62. The van der Waals surface area contributed by atoms with Crippen molar-refractivity contribution in [2.24, 2.45) is 5.92 Å². The van der Waals surface area contributed by atoms with Crippen LogP contribution in [0.15, 0.2) is 12.1 Å². The summed E-state index contributed by atoms with van der Waals surface area (Å²) in [5.74, 6) is 0.169. The molecule has 0 spiro atoms. The second-order valence-electron chi connectivity index (χ2n) is 7.66. The number of nitrogens with zero attached hydrogens (tertiary/aromatic N) is 1. The summed E-state index contributed by atoms with van der Waals surface area (Å²) in [7, 11) is 0. The fraction of sp³-hybridized carbons (Fsp3) is 0.565. The number of rotatable bonds is 12. The van der Waals surface area contributed by atoms with Crippen LogP contribution in [0.4, 0.5) is 4.79 Å². The Hall–Kier alpha value is -2.74. The Labute approximate surface area is 183 Å². The van der Waals surface area contributed by atoms with Gasteiger partial charge in [0.05, 0.1) is 17.8 Å². The van der Waals surface area contributed by atoms with E-state index < -0.39 is 18.7 Å². The van der Waals surface area contributed by atoms with Crippen molar-refractivity contribution < 1.29 is 33.6 Å². The number of carboxylic acid groups (broad SMARTS) is 1. The van der Waals surface area contributed by atoms with Gasteiger partial charge in [-0.15, -0.1) is 0 Å². The van der Waals surface area contributed by atoms with Gasteiger partial charge in [-0.3, -0.25) is 0 Å². The topological polar surface area (TPSA) is 96.2 Å². The highest BCUT2D eigenvalue weighted by molar-refractivity contribution is 5.92. The van der Waals surface area contributed by atoms with Gasteiger partial charge in [0, 0.05) is 25.1 Å². The predicted molar refractivity (Wildman–Crippen MR) is 117 cm³/mol. The lowest BCUT2D eigenvalue weighted by Gasteiger charge is -2.14. The molecular weight excluding hydrogens is 402 g/mol. The second kappa shape index (κ2) is 11.6. The van der Waals surface area contributed by atoms with E-state index >= 15 is 0 Å². The minimum atomic E-state index is -1.06. The summed E-state index contributed by atoms with van der Waals surface area (Å²) in [4.78, 5) is 23.1. The van der Waals surface area contributed by atoms with Crippen LogP contribution in [0, 0.1) is 12.8 Å². The highest BCUT2D eigenvalue weighted by Crippen LogP contribution is 2.38. The number of carbonyl (C=O) groups is 2. The van der Waals surface area contributed by atoms with Crippen molar-refractivity contribution >= 4 is 23.0 Å². The molecule has 172 valence electrons. The molecule has 8 nitrogen and oxygen atoms in total. The molecule has 0 bridgehead atoms.